The number of ether oxygens (including phenoxy) is 2. The minimum atomic E-state index is -0.618. The van der Waals surface area contributed by atoms with E-state index >= 15 is 0 Å². The second-order valence-electron chi connectivity index (χ2n) is 8.57. The third-order valence-corrected chi connectivity index (χ3v) is 7.29. The first kappa shape index (κ1) is 19.4. The van der Waals surface area contributed by atoms with Gasteiger partial charge in [0.1, 0.15) is 5.75 Å². The highest BCUT2D eigenvalue weighted by molar-refractivity contribution is 9.10. The molecule has 0 spiro atoms. The predicted octanol–water partition coefficient (Wildman–Crippen LogP) is 3.23. The van der Waals surface area contributed by atoms with Gasteiger partial charge in [-0.05, 0) is 74.6 Å². The van der Waals surface area contributed by atoms with Crippen LogP contribution in [0, 0.1) is 17.3 Å². The lowest BCUT2D eigenvalue weighted by Gasteiger charge is -2.58. The van der Waals surface area contributed by atoms with E-state index in [4.69, 9.17) is 9.47 Å². The van der Waals surface area contributed by atoms with E-state index < -0.39 is 23.8 Å². The van der Waals surface area contributed by atoms with E-state index in [-0.39, 0.29) is 10.3 Å². The van der Waals surface area contributed by atoms with E-state index in [0.717, 1.165) is 32.1 Å². The van der Waals surface area contributed by atoms with Crippen molar-refractivity contribution in [1.29, 1.82) is 0 Å². The lowest BCUT2D eigenvalue weighted by Crippen LogP contribution is -2.56. The second-order valence-corrected chi connectivity index (χ2v) is 10.3. The molecule has 0 saturated heterocycles. The maximum absolute atomic E-state index is 12.8. The molecule has 0 aromatic heterocycles. The summed E-state index contributed by atoms with van der Waals surface area (Å²) >= 11 is 3.87. The summed E-state index contributed by atoms with van der Waals surface area (Å²) in [6, 6.07) is 6.42. The first-order chi connectivity index (χ1) is 13.3. The average molecular weight is 450 g/mol. The molecule has 1 aromatic carbocycles. The number of halogens is 1. The maximum atomic E-state index is 12.8. The fourth-order valence-electron chi connectivity index (χ4n) is 5.65. The number of methoxy groups -OCH3 is 1. The molecule has 4 aliphatic rings. The van der Waals surface area contributed by atoms with Crippen LogP contribution < -0.4 is 10.1 Å². The summed E-state index contributed by atoms with van der Waals surface area (Å²) < 4.78 is 10.5. The van der Waals surface area contributed by atoms with Crippen molar-refractivity contribution >= 4 is 33.7 Å². The van der Waals surface area contributed by atoms with Gasteiger partial charge in [-0.25, -0.2) is 0 Å². The Morgan fingerprint density at radius 1 is 1.11 bits per heavy atom. The molecule has 4 fully saturated rings. The molecule has 7 heteroatoms. The van der Waals surface area contributed by atoms with Crippen LogP contribution >= 0.6 is 15.9 Å². The number of alkyl halides is 1. The first-order valence-corrected chi connectivity index (χ1v) is 10.4. The molecule has 1 N–H and O–H groups in total. The molecule has 150 valence electrons. The minimum Gasteiger partial charge on any atom is -0.497 e. The monoisotopic (exact) mass is 449 g/mol. The molecular weight excluding hydrogens is 426 g/mol. The summed E-state index contributed by atoms with van der Waals surface area (Å²) in [5.41, 5.74) is -0.142. The van der Waals surface area contributed by atoms with E-state index in [9.17, 15) is 14.4 Å². The zero-order valence-electron chi connectivity index (χ0n) is 15.8. The average Bonchev–Trinajstić information content (AvgIpc) is 2.64. The quantitative estimate of drug-likeness (QED) is 0.551. The molecule has 5 rings (SSSR count). The number of imide groups is 1. The fraction of sp³-hybridized carbons (Fsp3) is 0.571. The molecule has 4 saturated carbocycles. The number of esters is 1. The number of amides is 2. The van der Waals surface area contributed by atoms with Crippen molar-refractivity contribution in [2.45, 2.75) is 42.8 Å². The molecule has 1 aromatic rings. The first-order valence-electron chi connectivity index (χ1n) is 9.65. The van der Waals surface area contributed by atoms with Gasteiger partial charge in [0.05, 0.1) is 12.5 Å². The van der Waals surface area contributed by atoms with Gasteiger partial charge >= 0.3 is 5.97 Å². The van der Waals surface area contributed by atoms with Crippen molar-refractivity contribution in [3.63, 3.8) is 0 Å². The zero-order chi connectivity index (χ0) is 19.9. The molecule has 2 atom stereocenters. The fourth-order valence-corrected chi connectivity index (χ4v) is 7.10. The summed E-state index contributed by atoms with van der Waals surface area (Å²) in [6.07, 6.45) is 5.91. The van der Waals surface area contributed by atoms with Crippen molar-refractivity contribution in [3.05, 3.63) is 29.8 Å². The van der Waals surface area contributed by atoms with Crippen LogP contribution in [0.4, 0.5) is 0 Å². The maximum Gasteiger partial charge on any atom is 0.312 e. The highest BCUT2D eigenvalue weighted by atomic mass is 79.9. The van der Waals surface area contributed by atoms with Gasteiger partial charge in [0.25, 0.3) is 11.8 Å². The lowest BCUT2D eigenvalue weighted by atomic mass is 9.49. The van der Waals surface area contributed by atoms with E-state index in [2.05, 4.69) is 21.2 Å². The standard InChI is InChI=1S/C21H24BrNO5/c1-27-16-4-2-15(3-5-16)18(25)23-17(24)11-28-19(26)20-7-13-6-14(8-20)10-21(22,9-13)12-20/h2-5,13-14H,6-12H2,1H3,(H,23,24,25). The van der Waals surface area contributed by atoms with Crippen LogP contribution in [0.1, 0.15) is 48.9 Å². The molecule has 2 amide bonds. The summed E-state index contributed by atoms with van der Waals surface area (Å²) in [5.74, 6) is 0.289. The van der Waals surface area contributed by atoms with Crippen molar-refractivity contribution in [3.8, 4) is 5.75 Å². The molecule has 4 bridgehead atoms. The highest BCUT2D eigenvalue weighted by Gasteiger charge is 2.60. The minimum absolute atomic E-state index is 0.0443. The SMILES string of the molecule is COc1ccc(C(=O)NC(=O)COC(=O)C23CC4CC(CC(Br)(C4)C2)C3)cc1. The van der Waals surface area contributed by atoms with Crippen LogP contribution in [0.25, 0.3) is 0 Å². The number of nitrogens with one attached hydrogen (secondary N) is 1. The summed E-state index contributed by atoms with van der Waals surface area (Å²) in [7, 11) is 1.54. The Hall–Kier alpha value is -1.89. The molecule has 2 unspecified atom stereocenters. The Balaban J connectivity index is 1.32. The Kier molecular flexibility index (Phi) is 4.98. The molecule has 0 radical (unpaired) electrons. The lowest BCUT2D eigenvalue weighted by molar-refractivity contribution is -0.171. The van der Waals surface area contributed by atoms with Gasteiger partial charge in [0.15, 0.2) is 6.61 Å². The third kappa shape index (κ3) is 3.69. The van der Waals surface area contributed by atoms with Crippen LogP contribution in [0.15, 0.2) is 24.3 Å². The topological polar surface area (TPSA) is 81.7 Å². The number of benzene rings is 1. The largest absolute Gasteiger partial charge is 0.497 e. The smallest absolute Gasteiger partial charge is 0.312 e. The van der Waals surface area contributed by atoms with Crippen molar-refractivity contribution < 1.29 is 23.9 Å². The number of hydrogen-bond donors (Lipinski definition) is 1. The second kappa shape index (κ2) is 7.17. The number of carbonyl (C=O) groups excluding carboxylic acids is 3. The Bertz CT molecular complexity index is 792. The van der Waals surface area contributed by atoms with Crippen LogP contribution in [0.5, 0.6) is 5.75 Å². The normalized spacial score (nSPS) is 32.6. The van der Waals surface area contributed by atoms with E-state index in [0.29, 0.717) is 23.1 Å². The number of carbonyl (C=O) groups is 3. The Morgan fingerprint density at radius 3 is 2.32 bits per heavy atom. The molecular formula is C21H24BrNO5. The molecule has 4 aliphatic carbocycles. The van der Waals surface area contributed by atoms with E-state index in [1.165, 1.54) is 13.5 Å². The van der Waals surface area contributed by atoms with Gasteiger partial charge in [0.2, 0.25) is 0 Å². The number of hydrogen-bond acceptors (Lipinski definition) is 5. The van der Waals surface area contributed by atoms with Gasteiger partial charge < -0.3 is 9.47 Å². The summed E-state index contributed by atoms with van der Waals surface area (Å²) in [4.78, 5) is 37.1. The van der Waals surface area contributed by atoms with Crippen LogP contribution in [0.2, 0.25) is 0 Å². The summed E-state index contributed by atoms with van der Waals surface area (Å²) in [6.45, 7) is -0.437. The summed E-state index contributed by atoms with van der Waals surface area (Å²) in [5, 5.41) is 2.27. The molecule has 28 heavy (non-hydrogen) atoms. The van der Waals surface area contributed by atoms with Crippen molar-refractivity contribution in [2.75, 3.05) is 13.7 Å². The Labute approximate surface area is 172 Å². The van der Waals surface area contributed by atoms with E-state index in [1.54, 1.807) is 24.3 Å². The van der Waals surface area contributed by atoms with Crippen LogP contribution in [-0.2, 0) is 14.3 Å². The zero-order valence-corrected chi connectivity index (χ0v) is 17.4. The van der Waals surface area contributed by atoms with Gasteiger partial charge in [-0.1, -0.05) is 15.9 Å². The number of rotatable bonds is 5. The third-order valence-electron chi connectivity index (χ3n) is 6.36. The molecule has 0 heterocycles. The molecule has 6 nitrogen and oxygen atoms in total. The van der Waals surface area contributed by atoms with Gasteiger partial charge in [-0.2, -0.15) is 0 Å². The van der Waals surface area contributed by atoms with Gasteiger partial charge in [-0.3, -0.25) is 19.7 Å². The Morgan fingerprint density at radius 2 is 1.75 bits per heavy atom. The van der Waals surface area contributed by atoms with Gasteiger partial charge in [-0.15, -0.1) is 0 Å². The molecule has 0 aliphatic heterocycles. The highest BCUT2D eigenvalue weighted by Crippen LogP contribution is 2.64. The van der Waals surface area contributed by atoms with Crippen LogP contribution in [0.3, 0.4) is 0 Å². The van der Waals surface area contributed by atoms with Crippen molar-refractivity contribution in [1.82, 2.24) is 5.32 Å². The predicted molar refractivity (Wildman–Crippen MR) is 105 cm³/mol. The van der Waals surface area contributed by atoms with Gasteiger partial charge in [0, 0.05) is 9.89 Å². The van der Waals surface area contributed by atoms with Crippen molar-refractivity contribution in [2.24, 2.45) is 17.3 Å². The van der Waals surface area contributed by atoms with Crippen LogP contribution in [-0.4, -0.2) is 35.8 Å². The van der Waals surface area contributed by atoms with E-state index in [1.807, 2.05) is 0 Å².